The highest BCUT2D eigenvalue weighted by molar-refractivity contribution is 6.74. The SMILES string of the molecule is CCCC[C@@H](C(=O)OC)[C@@H](O[Si](C)(C)C)[C@H](C)O[Si](C)(C)C(C)(C)C. The van der Waals surface area contributed by atoms with Gasteiger partial charge in [0.05, 0.1) is 25.2 Å². The van der Waals surface area contributed by atoms with Gasteiger partial charge in [0, 0.05) is 0 Å². The maximum atomic E-state index is 12.5. The number of ether oxygens (including phenoxy) is 1. The Labute approximate surface area is 158 Å². The standard InChI is InChI=1S/C19H42O4Si2/c1-12-13-14-16(18(20)21-6)17(23-24(7,8)9)15(2)22-25(10,11)19(3,4)5/h15-17H,12-14H2,1-11H3/t15-,16+,17-/m0/s1. The maximum Gasteiger partial charge on any atom is 0.311 e. The third-order valence-electron chi connectivity index (χ3n) is 5.01. The maximum absolute atomic E-state index is 12.5. The van der Waals surface area contributed by atoms with Gasteiger partial charge in [-0.3, -0.25) is 4.79 Å². The molecule has 0 heterocycles. The Kier molecular flexibility index (Phi) is 9.60. The lowest BCUT2D eigenvalue weighted by Crippen LogP contribution is -2.51. The summed E-state index contributed by atoms with van der Waals surface area (Å²) in [6.45, 7) is 21.9. The molecule has 0 fully saturated rings. The van der Waals surface area contributed by atoms with Crippen molar-refractivity contribution >= 4 is 22.6 Å². The Morgan fingerprint density at radius 1 is 1.04 bits per heavy atom. The summed E-state index contributed by atoms with van der Waals surface area (Å²) in [4.78, 5) is 12.5. The average Bonchev–Trinajstić information content (AvgIpc) is 2.42. The van der Waals surface area contributed by atoms with Crippen LogP contribution in [0.4, 0.5) is 0 Å². The predicted molar refractivity (Wildman–Crippen MR) is 111 cm³/mol. The third-order valence-corrected chi connectivity index (χ3v) is 10.6. The van der Waals surface area contributed by atoms with E-state index in [1.807, 2.05) is 0 Å². The summed E-state index contributed by atoms with van der Waals surface area (Å²) in [6.07, 6.45) is 2.43. The fraction of sp³-hybridized carbons (Fsp3) is 0.947. The van der Waals surface area contributed by atoms with Crippen LogP contribution in [0.3, 0.4) is 0 Å². The van der Waals surface area contributed by atoms with Crippen molar-refractivity contribution in [2.24, 2.45) is 5.92 Å². The molecule has 4 nitrogen and oxygen atoms in total. The summed E-state index contributed by atoms with van der Waals surface area (Å²) in [6, 6.07) is 0. The summed E-state index contributed by atoms with van der Waals surface area (Å²) in [7, 11) is -2.32. The highest BCUT2D eigenvalue weighted by Gasteiger charge is 2.43. The summed E-state index contributed by atoms with van der Waals surface area (Å²) < 4.78 is 18.2. The number of rotatable bonds is 10. The molecule has 25 heavy (non-hydrogen) atoms. The van der Waals surface area contributed by atoms with Gasteiger partial charge in [-0.1, -0.05) is 40.5 Å². The minimum Gasteiger partial charge on any atom is -0.469 e. The third kappa shape index (κ3) is 8.37. The first-order valence-corrected chi connectivity index (χ1v) is 15.9. The van der Waals surface area contributed by atoms with Crippen LogP contribution in [-0.4, -0.2) is 41.9 Å². The van der Waals surface area contributed by atoms with E-state index < -0.39 is 16.6 Å². The normalized spacial score (nSPS) is 17.1. The zero-order chi connectivity index (χ0) is 20.1. The van der Waals surface area contributed by atoms with Gasteiger partial charge in [0.1, 0.15) is 0 Å². The monoisotopic (exact) mass is 390 g/mol. The van der Waals surface area contributed by atoms with Crippen LogP contribution < -0.4 is 0 Å². The van der Waals surface area contributed by atoms with E-state index in [-0.39, 0.29) is 29.1 Å². The van der Waals surface area contributed by atoms with Crippen LogP contribution in [0.25, 0.3) is 0 Å². The second-order valence-electron chi connectivity index (χ2n) is 9.55. The molecule has 0 aliphatic heterocycles. The van der Waals surface area contributed by atoms with Crippen molar-refractivity contribution in [3.63, 3.8) is 0 Å². The van der Waals surface area contributed by atoms with E-state index >= 15 is 0 Å². The molecule has 0 bridgehead atoms. The first kappa shape index (κ1) is 24.8. The van der Waals surface area contributed by atoms with E-state index in [1.54, 1.807) is 0 Å². The molecule has 0 saturated heterocycles. The topological polar surface area (TPSA) is 44.8 Å². The lowest BCUT2D eigenvalue weighted by molar-refractivity contribution is -0.151. The summed E-state index contributed by atoms with van der Waals surface area (Å²) in [5, 5.41) is 0.120. The molecule has 150 valence electrons. The first-order chi connectivity index (χ1) is 11.2. The van der Waals surface area contributed by atoms with Gasteiger partial charge in [-0.15, -0.1) is 0 Å². The lowest BCUT2D eigenvalue weighted by atomic mass is 9.93. The van der Waals surface area contributed by atoms with Gasteiger partial charge in [0.15, 0.2) is 16.6 Å². The van der Waals surface area contributed by atoms with Crippen LogP contribution in [0.15, 0.2) is 0 Å². The summed E-state index contributed by atoms with van der Waals surface area (Å²) in [5.41, 5.74) is 0. The average molecular weight is 391 g/mol. The molecule has 0 spiro atoms. The van der Waals surface area contributed by atoms with Gasteiger partial charge >= 0.3 is 5.97 Å². The number of methoxy groups -OCH3 is 1. The minimum absolute atomic E-state index is 0.120. The van der Waals surface area contributed by atoms with E-state index in [0.29, 0.717) is 0 Å². The Balaban J connectivity index is 5.60. The molecule has 0 aromatic carbocycles. The Bertz CT molecular complexity index is 411. The molecule has 3 atom stereocenters. The molecule has 0 rings (SSSR count). The van der Waals surface area contributed by atoms with Crippen LogP contribution in [0.5, 0.6) is 0 Å². The Morgan fingerprint density at radius 3 is 1.92 bits per heavy atom. The summed E-state index contributed by atoms with van der Waals surface area (Å²) in [5.74, 6) is -0.446. The highest BCUT2D eigenvalue weighted by atomic mass is 28.4. The fourth-order valence-corrected chi connectivity index (χ4v) is 5.20. The molecule has 0 aliphatic carbocycles. The van der Waals surface area contributed by atoms with Gasteiger partial charge < -0.3 is 13.6 Å². The number of unbranched alkanes of at least 4 members (excludes halogenated alkanes) is 1. The van der Waals surface area contributed by atoms with Gasteiger partial charge in [0.25, 0.3) is 0 Å². The Morgan fingerprint density at radius 2 is 1.56 bits per heavy atom. The van der Waals surface area contributed by atoms with Crippen LogP contribution in [0.2, 0.25) is 37.8 Å². The second-order valence-corrected chi connectivity index (χ2v) is 18.8. The lowest BCUT2D eigenvalue weighted by Gasteiger charge is -2.43. The van der Waals surface area contributed by atoms with Crippen molar-refractivity contribution < 1.29 is 18.4 Å². The quantitative estimate of drug-likeness (QED) is 0.360. The van der Waals surface area contributed by atoms with Crippen molar-refractivity contribution in [3.8, 4) is 0 Å². The second kappa shape index (κ2) is 9.67. The van der Waals surface area contributed by atoms with Crippen molar-refractivity contribution in [1.29, 1.82) is 0 Å². The molecule has 0 amide bonds. The van der Waals surface area contributed by atoms with E-state index in [4.69, 9.17) is 13.6 Å². The van der Waals surface area contributed by atoms with Crippen molar-refractivity contribution in [1.82, 2.24) is 0 Å². The zero-order valence-electron chi connectivity index (χ0n) is 18.5. The van der Waals surface area contributed by atoms with Gasteiger partial charge in [0.2, 0.25) is 0 Å². The van der Waals surface area contributed by atoms with Crippen LogP contribution in [0.1, 0.15) is 53.9 Å². The molecule has 0 unspecified atom stereocenters. The van der Waals surface area contributed by atoms with E-state index in [1.165, 1.54) is 7.11 Å². The summed E-state index contributed by atoms with van der Waals surface area (Å²) >= 11 is 0. The molecule has 0 radical (unpaired) electrons. The Hall–Kier alpha value is -0.176. The van der Waals surface area contributed by atoms with Gasteiger partial charge in [-0.25, -0.2) is 0 Å². The van der Waals surface area contributed by atoms with Crippen molar-refractivity contribution in [2.75, 3.05) is 7.11 Å². The van der Waals surface area contributed by atoms with Crippen LogP contribution in [0, 0.1) is 5.92 Å². The predicted octanol–water partition coefficient (Wildman–Crippen LogP) is 5.60. The number of hydrogen-bond acceptors (Lipinski definition) is 4. The fourth-order valence-electron chi connectivity index (χ4n) is 2.61. The largest absolute Gasteiger partial charge is 0.469 e. The molecule has 0 saturated carbocycles. The number of esters is 1. The van der Waals surface area contributed by atoms with E-state index in [9.17, 15) is 4.79 Å². The molecule has 6 heteroatoms. The molecular formula is C19H42O4Si2. The van der Waals surface area contributed by atoms with Gasteiger partial charge in [-0.2, -0.15) is 0 Å². The van der Waals surface area contributed by atoms with Crippen LogP contribution >= 0.6 is 0 Å². The smallest absolute Gasteiger partial charge is 0.311 e. The van der Waals surface area contributed by atoms with Gasteiger partial charge in [-0.05, 0) is 51.1 Å². The van der Waals surface area contributed by atoms with Crippen LogP contribution in [-0.2, 0) is 18.4 Å². The highest BCUT2D eigenvalue weighted by Crippen LogP contribution is 2.38. The van der Waals surface area contributed by atoms with E-state index in [2.05, 4.69) is 67.4 Å². The number of carbonyl (C=O) groups is 1. The molecule has 0 aliphatic rings. The minimum atomic E-state index is -1.94. The molecule has 0 N–H and O–H groups in total. The molecule has 0 aromatic rings. The molecular weight excluding hydrogens is 348 g/mol. The van der Waals surface area contributed by atoms with Crippen molar-refractivity contribution in [3.05, 3.63) is 0 Å². The molecule has 0 aromatic heterocycles. The number of carbonyl (C=O) groups excluding carboxylic acids is 1. The van der Waals surface area contributed by atoms with E-state index in [0.717, 1.165) is 19.3 Å². The first-order valence-electron chi connectivity index (χ1n) is 9.59. The zero-order valence-corrected chi connectivity index (χ0v) is 20.5. The van der Waals surface area contributed by atoms with Crippen molar-refractivity contribution in [2.45, 2.75) is 104 Å². The number of hydrogen-bond donors (Lipinski definition) is 0.